The Morgan fingerprint density at radius 1 is 1.44 bits per heavy atom. The molecule has 1 aromatic carbocycles. The van der Waals surface area contributed by atoms with E-state index in [2.05, 4.69) is 10.1 Å². The molecule has 0 spiro atoms. The lowest BCUT2D eigenvalue weighted by atomic mass is 10.1. The van der Waals surface area contributed by atoms with Crippen LogP contribution in [0.2, 0.25) is 0 Å². The monoisotopic (exact) mass is 398 g/mol. The highest BCUT2D eigenvalue weighted by molar-refractivity contribution is 7.85. The lowest BCUT2D eigenvalue weighted by Crippen LogP contribution is -2.44. The van der Waals surface area contributed by atoms with Crippen molar-refractivity contribution in [3.05, 3.63) is 29.3 Å². The molecule has 11 nitrogen and oxygen atoms in total. The molecule has 0 bridgehead atoms. The number of hydrogen-bond acceptors (Lipinski definition) is 7. The zero-order valence-corrected chi connectivity index (χ0v) is 15.1. The van der Waals surface area contributed by atoms with Crippen LogP contribution in [-0.4, -0.2) is 55.4 Å². The number of nitrogens with two attached hydrogens (primary N) is 1. The van der Waals surface area contributed by atoms with Crippen LogP contribution in [0.5, 0.6) is 5.75 Å². The average molecular weight is 398 g/mol. The molecule has 0 aromatic heterocycles. The van der Waals surface area contributed by atoms with Gasteiger partial charge in [0, 0.05) is 17.6 Å². The molecule has 146 valence electrons. The highest BCUT2D eigenvalue weighted by atomic mass is 32.2. The SMILES string of the molecule is COC(=O)Nc1cccc2c1OCCC(C(=O)N(CS(=O)(=O)O)C(=N)N)=C2. The number of rotatable bonds is 4. The van der Waals surface area contributed by atoms with Crippen LogP contribution in [-0.2, 0) is 19.6 Å². The lowest BCUT2D eigenvalue weighted by molar-refractivity contribution is -0.123. The van der Waals surface area contributed by atoms with E-state index in [1.807, 2.05) is 0 Å². The third kappa shape index (κ3) is 5.18. The normalized spacial score (nSPS) is 13.3. The predicted octanol–water partition coefficient (Wildman–Crippen LogP) is 0.598. The number of carbonyl (C=O) groups is 2. The van der Waals surface area contributed by atoms with Crippen LogP contribution in [0.4, 0.5) is 10.5 Å². The molecule has 0 unspecified atom stereocenters. The number of para-hydroxylation sites is 1. The molecule has 0 aliphatic carbocycles. The van der Waals surface area contributed by atoms with Crippen molar-refractivity contribution in [1.29, 1.82) is 5.41 Å². The summed E-state index contributed by atoms with van der Waals surface area (Å²) in [6, 6.07) is 4.81. The number of nitrogens with one attached hydrogen (secondary N) is 2. The summed E-state index contributed by atoms with van der Waals surface area (Å²) in [6.45, 7) is 0.0437. The van der Waals surface area contributed by atoms with Crippen molar-refractivity contribution in [2.45, 2.75) is 6.42 Å². The Labute approximate surface area is 155 Å². The van der Waals surface area contributed by atoms with Crippen molar-refractivity contribution >= 4 is 39.8 Å². The molecule has 0 saturated heterocycles. The zero-order chi connectivity index (χ0) is 20.2. The Morgan fingerprint density at radius 3 is 2.74 bits per heavy atom. The van der Waals surface area contributed by atoms with Gasteiger partial charge in [0.1, 0.15) is 5.75 Å². The molecule has 2 rings (SSSR count). The van der Waals surface area contributed by atoms with Crippen LogP contribution in [0.25, 0.3) is 6.08 Å². The first-order valence-corrected chi connectivity index (χ1v) is 9.15. The molecule has 1 heterocycles. The van der Waals surface area contributed by atoms with Crippen molar-refractivity contribution < 1.29 is 32.0 Å². The second kappa shape index (κ2) is 8.05. The maximum atomic E-state index is 12.6. The number of nitrogens with zero attached hydrogens (tertiary/aromatic N) is 1. The number of fused-ring (bicyclic) bond motifs is 1. The maximum Gasteiger partial charge on any atom is 0.411 e. The number of ether oxygens (including phenoxy) is 2. The fraction of sp³-hybridized carbons (Fsp3) is 0.267. The van der Waals surface area contributed by atoms with Crippen molar-refractivity contribution in [2.24, 2.45) is 5.73 Å². The van der Waals surface area contributed by atoms with Gasteiger partial charge in [0.05, 0.1) is 19.4 Å². The number of guanidine groups is 1. The van der Waals surface area contributed by atoms with Crippen molar-refractivity contribution in [3.63, 3.8) is 0 Å². The highest BCUT2D eigenvalue weighted by Crippen LogP contribution is 2.34. The minimum atomic E-state index is -4.58. The fourth-order valence-electron chi connectivity index (χ4n) is 2.35. The van der Waals surface area contributed by atoms with E-state index in [9.17, 15) is 18.0 Å². The highest BCUT2D eigenvalue weighted by Gasteiger charge is 2.27. The van der Waals surface area contributed by atoms with E-state index in [1.54, 1.807) is 18.2 Å². The molecule has 1 aromatic rings. The van der Waals surface area contributed by atoms with Gasteiger partial charge in [-0.15, -0.1) is 0 Å². The van der Waals surface area contributed by atoms with Crippen molar-refractivity contribution in [1.82, 2.24) is 4.90 Å². The molecule has 2 amide bonds. The van der Waals surface area contributed by atoms with Gasteiger partial charge in [0.2, 0.25) is 0 Å². The summed E-state index contributed by atoms with van der Waals surface area (Å²) in [4.78, 5) is 24.5. The molecule has 1 aliphatic heterocycles. The molecule has 5 N–H and O–H groups in total. The third-order valence-electron chi connectivity index (χ3n) is 3.52. The van der Waals surface area contributed by atoms with E-state index < -0.39 is 34.0 Å². The van der Waals surface area contributed by atoms with E-state index in [4.69, 9.17) is 20.4 Å². The summed E-state index contributed by atoms with van der Waals surface area (Å²) < 4.78 is 41.3. The largest absolute Gasteiger partial charge is 0.490 e. The Morgan fingerprint density at radius 2 is 2.15 bits per heavy atom. The fourth-order valence-corrected chi connectivity index (χ4v) is 2.94. The first-order chi connectivity index (χ1) is 12.6. The number of benzene rings is 1. The van der Waals surface area contributed by atoms with Gasteiger partial charge in [-0.3, -0.25) is 25.0 Å². The zero-order valence-electron chi connectivity index (χ0n) is 14.3. The Bertz CT molecular complexity index is 911. The number of hydrogen-bond donors (Lipinski definition) is 4. The summed E-state index contributed by atoms with van der Waals surface area (Å²) in [5.74, 6) is -2.53. The standard InChI is InChI=1S/C15H18N4O7S/c1-25-15(21)18-11-4-2-3-9-7-10(5-6-26-12(9)11)13(20)19(14(16)17)8-27(22,23)24/h2-4,7H,5-6,8H2,1H3,(H3,16,17)(H,18,21)(H,22,23,24). The molecule has 0 atom stereocenters. The van der Waals surface area contributed by atoms with Gasteiger partial charge in [-0.25, -0.2) is 4.79 Å². The molecule has 0 radical (unpaired) electrons. The van der Waals surface area contributed by atoms with Gasteiger partial charge in [0.15, 0.2) is 11.8 Å². The number of methoxy groups -OCH3 is 1. The van der Waals surface area contributed by atoms with E-state index in [0.717, 1.165) is 0 Å². The Balaban J connectivity index is 2.39. The van der Waals surface area contributed by atoms with Gasteiger partial charge in [-0.1, -0.05) is 12.1 Å². The van der Waals surface area contributed by atoms with E-state index in [-0.39, 0.29) is 18.6 Å². The number of amides is 2. The Kier molecular flexibility index (Phi) is 6.02. The van der Waals surface area contributed by atoms with Gasteiger partial charge >= 0.3 is 6.09 Å². The van der Waals surface area contributed by atoms with E-state index in [0.29, 0.717) is 21.9 Å². The van der Waals surface area contributed by atoms with Crippen molar-refractivity contribution in [3.8, 4) is 5.75 Å². The molecular weight excluding hydrogens is 380 g/mol. The predicted molar refractivity (Wildman–Crippen MR) is 95.7 cm³/mol. The average Bonchev–Trinajstić information content (AvgIpc) is 2.81. The third-order valence-corrected chi connectivity index (χ3v) is 4.10. The van der Waals surface area contributed by atoms with Crippen molar-refractivity contribution in [2.75, 3.05) is 24.9 Å². The molecule has 1 aliphatic rings. The molecule has 0 fully saturated rings. The summed E-state index contributed by atoms with van der Waals surface area (Å²) in [5.41, 5.74) is 6.16. The first-order valence-electron chi connectivity index (χ1n) is 7.55. The molecular formula is C15H18N4O7S. The molecule has 12 heteroatoms. The van der Waals surface area contributed by atoms with E-state index in [1.165, 1.54) is 13.2 Å². The van der Waals surface area contributed by atoms with Gasteiger partial charge in [0.25, 0.3) is 16.0 Å². The minimum Gasteiger partial charge on any atom is -0.490 e. The quantitative estimate of drug-likeness (QED) is 0.324. The summed E-state index contributed by atoms with van der Waals surface area (Å²) >= 11 is 0. The van der Waals surface area contributed by atoms with Crippen LogP contribution in [0.3, 0.4) is 0 Å². The van der Waals surface area contributed by atoms with Crippen LogP contribution in [0.1, 0.15) is 12.0 Å². The topological polar surface area (TPSA) is 172 Å². The van der Waals surface area contributed by atoms with Crippen LogP contribution >= 0.6 is 0 Å². The molecule has 0 saturated carbocycles. The van der Waals surface area contributed by atoms with Gasteiger partial charge in [-0.05, 0) is 12.1 Å². The summed E-state index contributed by atoms with van der Waals surface area (Å²) in [7, 11) is -3.37. The van der Waals surface area contributed by atoms with Gasteiger partial charge in [-0.2, -0.15) is 8.42 Å². The van der Waals surface area contributed by atoms with Crippen LogP contribution in [0.15, 0.2) is 23.8 Å². The number of carbonyl (C=O) groups excluding carboxylic acids is 2. The van der Waals surface area contributed by atoms with Crippen LogP contribution in [0, 0.1) is 5.41 Å². The maximum absolute atomic E-state index is 12.6. The number of anilines is 1. The summed E-state index contributed by atoms with van der Waals surface area (Å²) in [5, 5.41) is 9.89. The van der Waals surface area contributed by atoms with E-state index >= 15 is 0 Å². The van der Waals surface area contributed by atoms with Gasteiger partial charge < -0.3 is 15.2 Å². The second-order valence-electron chi connectivity index (χ2n) is 5.44. The Hall–Kier alpha value is -3.12. The minimum absolute atomic E-state index is 0.0437. The summed E-state index contributed by atoms with van der Waals surface area (Å²) in [6.07, 6.45) is 0.820. The van der Waals surface area contributed by atoms with Crippen LogP contribution < -0.4 is 15.8 Å². The lowest BCUT2D eigenvalue weighted by Gasteiger charge is -2.20. The first kappa shape index (κ1) is 20.2. The molecule has 27 heavy (non-hydrogen) atoms. The smallest absolute Gasteiger partial charge is 0.411 e. The second-order valence-corrected chi connectivity index (χ2v) is 6.86.